The Bertz CT molecular complexity index is 933. The van der Waals surface area contributed by atoms with Crippen LogP contribution in [0.25, 0.3) is 0 Å². The molecule has 0 bridgehead atoms. The molecule has 2 heterocycles. The maximum absolute atomic E-state index is 11.4. The van der Waals surface area contributed by atoms with Crippen LogP contribution in [0.1, 0.15) is 18.9 Å². The van der Waals surface area contributed by atoms with E-state index in [4.69, 9.17) is 16.3 Å². The van der Waals surface area contributed by atoms with Gasteiger partial charge in [-0.05, 0) is 30.7 Å². The molecule has 2 aromatic rings. The van der Waals surface area contributed by atoms with E-state index in [0.717, 1.165) is 29.2 Å². The zero-order valence-corrected chi connectivity index (χ0v) is 16.3. The monoisotopic (exact) mass is 402 g/mol. The van der Waals surface area contributed by atoms with Crippen LogP contribution >= 0.6 is 23.4 Å². The van der Waals surface area contributed by atoms with Crippen molar-refractivity contribution in [3.8, 4) is 11.5 Å². The lowest BCUT2D eigenvalue weighted by Gasteiger charge is -2.36. The molecule has 1 atom stereocenters. The average Bonchev–Trinajstić information content (AvgIpc) is 3.02. The predicted molar refractivity (Wildman–Crippen MR) is 108 cm³/mol. The van der Waals surface area contributed by atoms with E-state index >= 15 is 0 Å². The number of carbonyl (C=O) groups is 1. The number of carboxylic acid groups (broad SMARTS) is 1. The van der Waals surface area contributed by atoms with Crippen molar-refractivity contribution in [2.75, 3.05) is 11.4 Å². The summed E-state index contributed by atoms with van der Waals surface area (Å²) in [5.74, 6) is 0.626. The van der Waals surface area contributed by atoms with E-state index in [1.807, 2.05) is 42.5 Å². The van der Waals surface area contributed by atoms with Crippen LogP contribution in [0.5, 0.6) is 11.5 Å². The second-order valence-electron chi connectivity index (χ2n) is 6.61. The Hall–Kier alpha value is -2.31. The van der Waals surface area contributed by atoms with Gasteiger partial charge in [-0.1, -0.05) is 36.7 Å². The number of anilines is 1. The van der Waals surface area contributed by atoms with Crippen LogP contribution < -0.4 is 15.0 Å². The Morgan fingerprint density at radius 3 is 2.89 bits per heavy atom. The van der Waals surface area contributed by atoms with Crippen molar-refractivity contribution in [3.63, 3.8) is 0 Å². The van der Waals surface area contributed by atoms with Crippen LogP contribution in [0.15, 0.2) is 53.6 Å². The lowest BCUT2D eigenvalue weighted by Crippen LogP contribution is -2.48. The Kier molecular flexibility index (Phi) is 4.70. The smallest absolute Gasteiger partial charge is 0.352 e. The fraction of sp³-hybridized carbons (Fsp3) is 0.250. The maximum Gasteiger partial charge on any atom is 0.352 e. The molecule has 1 unspecified atom stereocenters. The molecule has 27 heavy (non-hydrogen) atoms. The number of para-hydroxylation sites is 1. The molecule has 0 fully saturated rings. The van der Waals surface area contributed by atoms with E-state index in [-0.39, 0.29) is 5.70 Å². The number of nitrogens with zero attached hydrogens (tertiary/aromatic N) is 1. The summed E-state index contributed by atoms with van der Waals surface area (Å²) in [6, 6.07) is 13.5. The minimum absolute atomic E-state index is 0.236. The van der Waals surface area contributed by atoms with E-state index in [2.05, 4.69) is 17.1 Å². The second kappa shape index (κ2) is 7.02. The second-order valence-corrected chi connectivity index (χ2v) is 8.29. The molecule has 0 saturated carbocycles. The number of fused-ring (bicyclic) bond motifs is 2. The molecule has 4 rings (SSSR count). The topological polar surface area (TPSA) is 61.8 Å². The summed E-state index contributed by atoms with van der Waals surface area (Å²) in [5.41, 5.74) is 2.21. The zero-order chi connectivity index (χ0) is 19.0. The van der Waals surface area contributed by atoms with E-state index in [9.17, 15) is 9.90 Å². The quantitative estimate of drug-likeness (QED) is 0.764. The predicted octanol–water partition coefficient (Wildman–Crippen LogP) is 4.82. The van der Waals surface area contributed by atoms with Gasteiger partial charge in [-0.15, -0.1) is 11.8 Å². The maximum atomic E-state index is 11.4. The number of rotatable bonds is 4. The third-order valence-electron chi connectivity index (χ3n) is 4.83. The molecular weight excluding hydrogens is 384 g/mol. The Balaban J connectivity index is 1.71. The summed E-state index contributed by atoms with van der Waals surface area (Å²) < 4.78 is 6.14. The minimum atomic E-state index is -0.939. The highest BCUT2D eigenvalue weighted by molar-refractivity contribution is 8.03. The molecular formula is C20H19ClN2O3S. The zero-order valence-electron chi connectivity index (χ0n) is 14.7. The number of aliphatic carboxylic acids is 1. The molecule has 5 nitrogen and oxygen atoms in total. The van der Waals surface area contributed by atoms with Gasteiger partial charge in [0.15, 0.2) is 5.75 Å². The van der Waals surface area contributed by atoms with Gasteiger partial charge in [-0.2, -0.15) is 0 Å². The first-order valence-electron chi connectivity index (χ1n) is 8.69. The van der Waals surface area contributed by atoms with Gasteiger partial charge in [0.2, 0.25) is 0 Å². The molecule has 2 aliphatic heterocycles. The van der Waals surface area contributed by atoms with Crippen molar-refractivity contribution in [1.82, 2.24) is 5.32 Å². The summed E-state index contributed by atoms with van der Waals surface area (Å²) >= 11 is 7.78. The van der Waals surface area contributed by atoms with Gasteiger partial charge in [-0.3, -0.25) is 0 Å². The highest BCUT2D eigenvalue weighted by Gasteiger charge is 2.38. The highest BCUT2D eigenvalue weighted by Crippen LogP contribution is 2.43. The van der Waals surface area contributed by atoms with Gasteiger partial charge in [0.05, 0.1) is 12.2 Å². The van der Waals surface area contributed by atoms with Crippen LogP contribution in [0.4, 0.5) is 5.69 Å². The van der Waals surface area contributed by atoms with Crippen molar-refractivity contribution in [2.24, 2.45) is 0 Å². The molecule has 2 aliphatic rings. The Morgan fingerprint density at radius 2 is 2.15 bits per heavy atom. The molecule has 140 valence electrons. The molecule has 2 N–H and O–H groups in total. The van der Waals surface area contributed by atoms with Crippen LogP contribution in [-0.4, -0.2) is 22.5 Å². The van der Waals surface area contributed by atoms with E-state index in [1.165, 1.54) is 11.8 Å². The molecule has 0 aromatic heterocycles. The van der Waals surface area contributed by atoms with Crippen LogP contribution in [-0.2, 0) is 11.3 Å². The molecule has 0 saturated heterocycles. The lowest BCUT2D eigenvalue weighted by atomic mass is 10.1. The number of hydrogen-bond donors (Lipinski definition) is 2. The Labute approximate surface area is 167 Å². The van der Waals surface area contributed by atoms with Crippen LogP contribution in [0, 0.1) is 0 Å². The number of carboxylic acids is 1. The van der Waals surface area contributed by atoms with Crippen molar-refractivity contribution in [1.29, 1.82) is 0 Å². The average molecular weight is 403 g/mol. The van der Waals surface area contributed by atoms with Crippen molar-refractivity contribution in [2.45, 2.75) is 24.8 Å². The Morgan fingerprint density at radius 1 is 1.33 bits per heavy atom. The van der Waals surface area contributed by atoms with Crippen molar-refractivity contribution in [3.05, 3.63) is 64.2 Å². The number of nitrogens with one attached hydrogen (secondary N) is 1. The number of benzene rings is 2. The largest absolute Gasteiger partial charge is 0.477 e. The molecule has 7 heteroatoms. The standard InChI is InChI=1S/C20H19ClN2O3S/c1-2-20(22-15(11-27-20)19(24)25)12-23-10-13-5-3-4-6-17(13)26-18-8-7-14(21)9-16(18)23/h3-9,11,22H,2,10,12H2,1H3,(H,24,25). The van der Waals surface area contributed by atoms with Gasteiger partial charge in [0.25, 0.3) is 0 Å². The van der Waals surface area contributed by atoms with Crippen LogP contribution in [0.3, 0.4) is 0 Å². The first-order chi connectivity index (χ1) is 13.0. The SMILES string of the molecule is CCC1(CN2Cc3ccccc3Oc3ccc(Cl)cc32)NC(C(=O)O)=CS1. The molecule has 0 spiro atoms. The number of halogens is 1. The summed E-state index contributed by atoms with van der Waals surface area (Å²) in [5, 5.41) is 14.8. The third-order valence-corrected chi connectivity index (χ3v) is 6.39. The fourth-order valence-electron chi connectivity index (χ4n) is 3.36. The van der Waals surface area contributed by atoms with Crippen LogP contribution in [0.2, 0.25) is 5.02 Å². The van der Waals surface area contributed by atoms with Crippen molar-refractivity contribution < 1.29 is 14.6 Å². The lowest BCUT2D eigenvalue weighted by molar-refractivity contribution is -0.133. The molecule has 0 amide bonds. The first kappa shape index (κ1) is 18.1. The summed E-state index contributed by atoms with van der Waals surface area (Å²) in [6.07, 6.45) is 0.764. The number of hydrogen-bond acceptors (Lipinski definition) is 5. The van der Waals surface area contributed by atoms with E-state index in [0.29, 0.717) is 18.1 Å². The van der Waals surface area contributed by atoms with Gasteiger partial charge in [-0.25, -0.2) is 4.79 Å². The van der Waals surface area contributed by atoms with E-state index in [1.54, 1.807) is 5.41 Å². The summed E-state index contributed by atoms with van der Waals surface area (Å²) in [4.78, 5) is 13.1. The van der Waals surface area contributed by atoms with E-state index < -0.39 is 10.8 Å². The number of ether oxygens (including phenoxy) is 1. The fourth-order valence-corrected chi connectivity index (χ4v) is 4.59. The molecule has 0 radical (unpaired) electrons. The van der Waals surface area contributed by atoms with Gasteiger partial charge >= 0.3 is 5.97 Å². The normalized spacial score (nSPS) is 20.7. The summed E-state index contributed by atoms with van der Waals surface area (Å²) in [7, 11) is 0. The first-order valence-corrected chi connectivity index (χ1v) is 9.95. The van der Waals surface area contributed by atoms with Gasteiger partial charge < -0.3 is 20.1 Å². The third kappa shape index (κ3) is 3.47. The summed E-state index contributed by atoms with van der Waals surface area (Å²) in [6.45, 7) is 3.31. The number of thioether (sulfide) groups is 1. The minimum Gasteiger partial charge on any atom is -0.477 e. The van der Waals surface area contributed by atoms with Gasteiger partial charge in [0.1, 0.15) is 16.3 Å². The highest BCUT2D eigenvalue weighted by atomic mass is 35.5. The van der Waals surface area contributed by atoms with Gasteiger partial charge in [0, 0.05) is 22.5 Å². The molecule has 0 aliphatic carbocycles. The molecule has 2 aromatic carbocycles. The van der Waals surface area contributed by atoms with Crippen molar-refractivity contribution >= 4 is 35.0 Å².